The van der Waals surface area contributed by atoms with Gasteiger partial charge in [0.15, 0.2) is 11.1 Å². The Morgan fingerprint density at radius 1 is 0.636 bits per heavy atom. The summed E-state index contributed by atoms with van der Waals surface area (Å²) in [5.41, 5.74) is 7.69. The summed E-state index contributed by atoms with van der Waals surface area (Å²) in [5.74, 6) is -7.79. The second-order valence-corrected chi connectivity index (χ2v) is 19.3. The number of aromatic hydroxyl groups is 1. The van der Waals surface area contributed by atoms with Crippen molar-refractivity contribution in [2.75, 3.05) is 96.9 Å². The number of carbonyl (C=O) groups excluding carboxylic acids is 5. The van der Waals surface area contributed by atoms with E-state index in [9.17, 15) is 58.8 Å². The number of nitrogens with one attached hydrogen (secondary N) is 10. The molecule has 77 heavy (non-hydrogen) atoms. The maximum Gasteiger partial charge on any atom is 0.317 e. The predicted octanol–water partition coefficient (Wildman–Crippen LogP) is -2.10. The van der Waals surface area contributed by atoms with Crippen LogP contribution in [0.3, 0.4) is 0 Å². The Bertz CT molecular complexity index is 2300. The molecule has 2 saturated heterocycles. The third-order valence-electron chi connectivity index (χ3n) is 12.7. The number of anilines is 1. The number of nitrogens with two attached hydrogens (primary N) is 1. The minimum absolute atomic E-state index is 0.0217. The maximum absolute atomic E-state index is 14.1. The van der Waals surface area contributed by atoms with Gasteiger partial charge in [-0.25, -0.2) is 0 Å². The third kappa shape index (κ3) is 25.5. The molecule has 424 valence electrons. The van der Waals surface area contributed by atoms with Gasteiger partial charge in [-0.05, 0) is 119 Å². The van der Waals surface area contributed by atoms with Gasteiger partial charge in [-0.1, -0.05) is 24.3 Å². The number of guanidine groups is 1. The molecule has 0 radical (unpaired) electrons. The average molecular weight is 1100 g/mol. The van der Waals surface area contributed by atoms with Gasteiger partial charge >= 0.3 is 17.9 Å². The van der Waals surface area contributed by atoms with E-state index in [1.807, 2.05) is 34.1 Å². The number of amides is 5. The summed E-state index contributed by atoms with van der Waals surface area (Å²) in [6.45, 7) is 5.64. The van der Waals surface area contributed by atoms with E-state index in [-0.39, 0.29) is 57.0 Å². The zero-order valence-electron chi connectivity index (χ0n) is 43.3. The SMILES string of the molecule is N=C(N)NCCC[C@@H]1NC(=O)[C@H](CCCCNC(=S)Nc2ccc(CCN3CCCN(CC(=O)O)CCNCCCN(CC(=O)O)CC3)cc2)NC(=O)[C@@H](Cc2ccc(O)cc2)NC(=O)[C@H](CC(=O)O)NC(=O)CNC1=O. The molecule has 4 rings (SSSR count). The zero-order valence-corrected chi connectivity index (χ0v) is 44.1. The second-order valence-electron chi connectivity index (χ2n) is 18.9. The summed E-state index contributed by atoms with van der Waals surface area (Å²) >= 11 is 5.58. The Hall–Kier alpha value is -7.20. The van der Waals surface area contributed by atoms with Gasteiger partial charge in [0.1, 0.15) is 29.9 Å². The minimum atomic E-state index is -1.65. The summed E-state index contributed by atoms with van der Waals surface area (Å²) in [4.78, 5) is 109. The molecule has 0 aliphatic carbocycles. The van der Waals surface area contributed by atoms with Gasteiger partial charge in [-0.2, -0.15) is 0 Å². The van der Waals surface area contributed by atoms with Gasteiger partial charge in [0, 0.05) is 64.5 Å². The maximum atomic E-state index is 14.1. The van der Waals surface area contributed by atoms with Crippen LogP contribution in [0.1, 0.15) is 62.5 Å². The molecule has 2 aliphatic rings. The minimum Gasteiger partial charge on any atom is -0.508 e. The van der Waals surface area contributed by atoms with Crippen molar-refractivity contribution >= 4 is 76.4 Å². The number of carboxylic acids is 3. The van der Waals surface area contributed by atoms with Gasteiger partial charge in [-0.15, -0.1) is 0 Å². The Labute approximate surface area is 452 Å². The Morgan fingerprint density at radius 2 is 1.21 bits per heavy atom. The molecule has 26 nitrogen and oxygen atoms in total. The van der Waals surface area contributed by atoms with E-state index in [1.165, 1.54) is 24.3 Å². The normalized spacial score (nSPS) is 20.5. The number of thiocarbonyl (C=S) groups is 1. The highest BCUT2D eigenvalue weighted by Crippen LogP contribution is 2.15. The molecule has 5 amide bonds. The number of hydrogen-bond acceptors (Lipinski definition) is 15. The largest absolute Gasteiger partial charge is 0.508 e. The lowest BCUT2D eigenvalue weighted by atomic mass is 10.0. The Balaban J connectivity index is 1.39. The van der Waals surface area contributed by atoms with Crippen molar-refractivity contribution in [2.24, 2.45) is 5.73 Å². The molecule has 4 atom stereocenters. The van der Waals surface area contributed by atoms with E-state index < -0.39 is 84.6 Å². The number of carboxylic acid groups (broad SMARTS) is 3. The van der Waals surface area contributed by atoms with Crippen molar-refractivity contribution in [2.45, 2.75) is 88.4 Å². The van der Waals surface area contributed by atoms with Gasteiger partial charge in [0.2, 0.25) is 29.5 Å². The van der Waals surface area contributed by atoms with Crippen molar-refractivity contribution in [1.29, 1.82) is 5.41 Å². The molecule has 16 N–H and O–H groups in total. The van der Waals surface area contributed by atoms with E-state index in [2.05, 4.69) is 52.8 Å². The number of carbonyl (C=O) groups is 8. The summed E-state index contributed by atoms with van der Waals surface area (Å²) < 4.78 is 0. The van der Waals surface area contributed by atoms with Crippen LogP contribution in [0.15, 0.2) is 48.5 Å². The van der Waals surface area contributed by atoms with Crippen LogP contribution in [0.2, 0.25) is 0 Å². The number of nitrogens with zero attached hydrogens (tertiary/aromatic N) is 3. The molecule has 2 aromatic carbocycles. The highest BCUT2D eigenvalue weighted by molar-refractivity contribution is 7.80. The number of rotatable bonds is 21. The number of benzene rings is 2. The smallest absolute Gasteiger partial charge is 0.317 e. The number of phenols is 1. The molecule has 0 spiro atoms. The molecule has 0 saturated carbocycles. The van der Waals surface area contributed by atoms with Crippen molar-refractivity contribution in [3.05, 3.63) is 59.7 Å². The van der Waals surface area contributed by atoms with Crippen LogP contribution in [-0.4, -0.2) is 209 Å². The van der Waals surface area contributed by atoms with Gasteiger partial charge in [-0.3, -0.25) is 53.6 Å². The van der Waals surface area contributed by atoms with Crippen LogP contribution in [0.5, 0.6) is 5.75 Å². The van der Waals surface area contributed by atoms with Crippen LogP contribution < -0.4 is 53.6 Å². The predicted molar refractivity (Wildman–Crippen MR) is 289 cm³/mol. The van der Waals surface area contributed by atoms with E-state index in [4.69, 9.17) is 23.4 Å². The van der Waals surface area contributed by atoms with Crippen LogP contribution >= 0.6 is 12.2 Å². The molecule has 27 heteroatoms. The number of unbranched alkanes of at least 4 members (excludes halogenated alkanes) is 1. The Morgan fingerprint density at radius 3 is 1.88 bits per heavy atom. The summed E-state index contributed by atoms with van der Waals surface area (Å²) in [6, 6.07) is 8.04. The second kappa shape index (κ2) is 33.8. The first-order valence-corrected chi connectivity index (χ1v) is 26.2. The molecule has 0 aromatic heterocycles. The lowest BCUT2D eigenvalue weighted by Crippen LogP contribution is -2.58. The molecule has 2 fully saturated rings. The number of hydrogen-bond donors (Lipinski definition) is 15. The molecule has 0 unspecified atom stereocenters. The third-order valence-corrected chi connectivity index (χ3v) is 12.9. The molecule has 0 bridgehead atoms. The molecule has 2 aliphatic heterocycles. The van der Waals surface area contributed by atoms with Crippen LogP contribution in [-0.2, 0) is 51.2 Å². The zero-order chi connectivity index (χ0) is 56.1. The number of aliphatic carboxylic acids is 3. The molecule has 2 heterocycles. The fourth-order valence-electron chi connectivity index (χ4n) is 8.62. The van der Waals surface area contributed by atoms with Crippen molar-refractivity contribution in [1.82, 2.24) is 57.2 Å². The number of phenolic OH excluding ortho intramolecular Hbond substituents is 1. The molecular formula is C50H76N14O12S. The lowest BCUT2D eigenvalue weighted by Gasteiger charge is -2.29. The van der Waals surface area contributed by atoms with E-state index in [1.54, 1.807) is 0 Å². The van der Waals surface area contributed by atoms with Crippen LogP contribution in [0, 0.1) is 5.41 Å². The first-order chi connectivity index (χ1) is 36.8. The van der Waals surface area contributed by atoms with Gasteiger partial charge in [0.25, 0.3) is 0 Å². The summed E-state index contributed by atoms with van der Waals surface area (Å²) in [6.07, 6.45) is 2.35. The molecule has 2 aromatic rings. The van der Waals surface area contributed by atoms with Crippen molar-refractivity contribution in [3.63, 3.8) is 0 Å². The van der Waals surface area contributed by atoms with E-state index >= 15 is 0 Å². The lowest BCUT2D eigenvalue weighted by molar-refractivity contribution is -0.141. The fraction of sp³-hybridized carbons (Fsp3) is 0.560. The van der Waals surface area contributed by atoms with E-state index in [0.717, 1.165) is 37.1 Å². The average Bonchev–Trinajstić information content (AvgIpc) is 3.37. The standard InChI is InChI=1S/C50H76N14O12S/c51-49(52)54-19-3-7-37-45(73)56-30-41(66)58-40(29-42(67)68)48(76)61-39(28-34-10-14-36(65)15-11-34)47(75)60-38(46(74)59-37)6-1-2-18-55-50(77)57-35-12-8-33(9-13-35)16-24-62-22-5-23-63(31-43(69)70)25-20-53-17-4-21-64(27-26-62)32-44(71)72/h8-15,37-40,53,65H,1-7,16-32H2,(H,56,73)(H,58,66)(H,59,74)(H,60,75)(H,61,76)(H,67,68)(H,69,70)(H,71,72)(H4,51,52,54)(H2,55,57,77)/t37-,38-,39+,40-/m0/s1. The van der Waals surface area contributed by atoms with Gasteiger partial charge in [0.05, 0.1) is 26.1 Å². The monoisotopic (exact) mass is 1100 g/mol. The first-order valence-electron chi connectivity index (χ1n) is 25.8. The van der Waals surface area contributed by atoms with E-state index in [0.29, 0.717) is 82.4 Å². The van der Waals surface area contributed by atoms with Crippen LogP contribution in [0.25, 0.3) is 0 Å². The first kappa shape index (κ1) is 62.3. The summed E-state index contributed by atoms with van der Waals surface area (Å²) in [5, 5.41) is 71.1. The highest BCUT2D eigenvalue weighted by atomic mass is 32.1. The quantitative estimate of drug-likeness (QED) is 0.0276. The van der Waals surface area contributed by atoms with Gasteiger partial charge < -0.3 is 78.9 Å². The van der Waals surface area contributed by atoms with Crippen LogP contribution in [0.4, 0.5) is 5.69 Å². The highest BCUT2D eigenvalue weighted by Gasteiger charge is 2.33. The Kier molecular flexibility index (Phi) is 27.3. The van der Waals surface area contributed by atoms with Crippen molar-refractivity contribution in [3.8, 4) is 5.75 Å². The fourth-order valence-corrected chi connectivity index (χ4v) is 8.84. The van der Waals surface area contributed by atoms with Crippen molar-refractivity contribution < 1.29 is 58.8 Å². The summed E-state index contributed by atoms with van der Waals surface area (Å²) in [7, 11) is 0. The topological polar surface area (TPSA) is 385 Å². The molecular weight excluding hydrogens is 1020 g/mol.